The monoisotopic (exact) mass is 383 g/mol. The van der Waals surface area contributed by atoms with E-state index in [4.69, 9.17) is 14.3 Å². The van der Waals surface area contributed by atoms with Crippen molar-refractivity contribution >= 4 is 6.15 Å². The second-order valence-corrected chi connectivity index (χ2v) is 4.71. The van der Waals surface area contributed by atoms with Crippen LogP contribution in [0.5, 0.6) is 17.4 Å². The first-order chi connectivity index (χ1) is 12.8. The maximum Gasteiger partial charge on any atom is 0.573 e. The molecule has 0 amide bonds. The number of hydrogen-bond donors (Lipinski definition) is 1. The highest BCUT2D eigenvalue weighted by Gasteiger charge is 2.32. The second-order valence-electron chi connectivity index (χ2n) is 4.71. The first-order valence-electron chi connectivity index (χ1n) is 7.01. The Morgan fingerprint density at radius 1 is 1.04 bits per heavy atom. The third-order valence-electron chi connectivity index (χ3n) is 2.94. The fourth-order valence-corrected chi connectivity index (χ4v) is 1.99. The maximum atomic E-state index is 13.8. The van der Waals surface area contributed by atoms with Crippen LogP contribution in [-0.2, 0) is 9.59 Å². The molecule has 3 rings (SSSR count). The molecule has 3 aromatic rings. The van der Waals surface area contributed by atoms with Crippen LogP contribution < -0.4 is 9.47 Å². The van der Waals surface area contributed by atoms with Gasteiger partial charge in [-0.25, -0.2) is 4.39 Å². The summed E-state index contributed by atoms with van der Waals surface area (Å²) in [6.07, 6.45) is -3.33. The first-order valence-corrected chi connectivity index (χ1v) is 7.01. The predicted molar refractivity (Wildman–Crippen MR) is 80.0 cm³/mol. The summed E-state index contributed by atoms with van der Waals surface area (Å²) >= 11 is 0. The van der Waals surface area contributed by atoms with Crippen molar-refractivity contribution in [3.8, 4) is 28.5 Å². The number of rotatable bonds is 4. The molecule has 0 radical (unpaired) electrons. The Morgan fingerprint density at radius 2 is 1.74 bits per heavy atom. The number of aromatic nitrogens is 3. The highest BCUT2D eigenvalue weighted by molar-refractivity contribution is 5.66. The molecule has 1 heterocycles. The number of nitrogens with zero attached hydrogens (tertiary/aromatic N) is 2. The van der Waals surface area contributed by atoms with Crippen molar-refractivity contribution in [3.63, 3.8) is 0 Å². The lowest BCUT2D eigenvalue weighted by Gasteiger charge is -2.11. The standard InChI is InChI=1S/C15H9F4N3O2.CO2/c16-12-7-10(4-5-13(12)24-15(17,18)19)9-2-1-3-11(6-9)23-14-8-20-22-21-14;2-1-3/h1-8H,(H,20,21,22);. The minimum absolute atomic E-state index is 0.243. The average Bonchev–Trinajstić information content (AvgIpc) is 3.09. The van der Waals surface area contributed by atoms with Crippen molar-refractivity contribution in [2.24, 2.45) is 0 Å². The minimum atomic E-state index is -4.95. The third-order valence-corrected chi connectivity index (χ3v) is 2.94. The Kier molecular flexibility index (Phi) is 6.23. The smallest absolute Gasteiger partial charge is 0.436 e. The molecule has 0 unspecified atom stereocenters. The van der Waals surface area contributed by atoms with E-state index in [0.717, 1.165) is 12.1 Å². The zero-order valence-corrected chi connectivity index (χ0v) is 13.2. The van der Waals surface area contributed by atoms with Crippen LogP contribution in [0.1, 0.15) is 0 Å². The van der Waals surface area contributed by atoms with E-state index in [9.17, 15) is 17.6 Å². The molecular formula is C16H9F4N3O4. The first kappa shape index (κ1) is 19.6. The maximum absolute atomic E-state index is 13.8. The predicted octanol–water partition coefficient (Wildman–Crippen LogP) is 3.72. The summed E-state index contributed by atoms with van der Waals surface area (Å²) in [5.74, 6) is -1.35. The molecule has 0 aliphatic heterocycles. The fourth-order valence-electron chi connectivity index (χ4n) is 1.99. The SMILES string of the molecule is Fc1cc(-c2cccc(Oc3cn[nH]n3)c2)ccc1OC(F)(F)F.O=C=O. The van der Waals surface area contributed by atoms with Gasteiger partial charge in [0.2, 0.25) is 0 Å². The van der Waals surface area contributed by atoms with Crippen molar-refractivity contribution in [2.75, 3.05) is 0 Å². The Balaban J connectivity index is 0.000000817. The molecule has 0 saturated heterocycles. The molecule has 1 N–H and O–H groups in total. The van der Waals surface area contributed by atoms with Crippen LogP contribution >= 0.6 is 0 Å². The molecule has 0 bridgehead atoms. The van der Waals surface area contributed by atoms with E-state index in [-0.39, 0.29) is 12.0 Å². The zero-order chi connectivity index (χ0) is 19.9. The van der Waals surface area contributed by atoms with E-state index in [2.05, 4.69) is 20.1 Å². The van der Waals surface area contributed by atoms with Gasteiger partial charge in [-0.1, -0.05) is 18.2 Å². The number of H-pyrrole nitrogens is 1. The van der Waals surface area contributed by atoms with Gasteiger partial charge in [0, 0.05) is 0 Å². The average molecular weight is 383 g/mol. The van der Waals surface area contributed by atoms with Crippen molar-refractivity contribution < 1.29 is 36.6 Å². The summed E-state index contributed by atoms with van der Waals surface area (Å²) in [5, 5.41) is 9.71. The van der Waals surface area contributed by atoms with Gasteiger partial charge in [-0.15, -0.1) is 18.3 Å². The van der Waals surface area contributed by atoms with Crippen LogP contribution in [0, 0.1) is 5.82 Å². The normalized spacial score (nSPS) is 10.4. The molecule has 0 aliphatic rings. The second kappa shape index (κ2) is 8.59. The Labute approximate surface area is 148 Å². The van der Waals surface area contributed by atoms with Crippen molar-refractivity contribution in [2.45, 2.75) is 6.36 Å². The van der Waals surface area contributed by atoms with Crippen LogP contribution in [0.15, 0.2) is 48.7 Å². The number of nitrogens with one attached hydrogen (secondary N) is 1. The molecule has 0 atom stereocenters. The minimum Gasteiger partial charge on any atom is -0.436 e. The summed E-state index contributed by atoms with van der Waals surface area (Å²) in [7, 11) is 0. The lowest BCUT2D eigenvalue weighted by Crippen LogP contribution is -2.17. The molecule has 1 aromatic heterocycles. The van der Waals surface area contributed by atoms with Crippen LogP contribution in [0.4, 0.5) is 17.6 Å². The van der Waals surface area contributed by atoms with Crippen molar-refractivity contribution in [1.29, 1.82) is 0 Å². The number of aromatic amines is 1. The van der Waals surface area contributed by atoms with Gasteiger partial charge in [0.1, 0.15) is 11.9 Å². The Hall–Kier alpha value is -3.72. The van der Waals surface area contributed by atoms with E-state index in [0.29, 0.717) is 16.9 Å². The number of hydrogen-bond acceptors (Lipinski definition) is 6. The Bertz CT molecular complexity index is 924. The quantitative estimate of drug-likeness (QED) is 0.690. The van der Waals surface area contributed by atoms with Gasteiger partial charge >= 0.3 is 12.5 Å². The summed E-state index contributed by atoms with van der Waals surface area (Å²) in [4.78, 5) is 16.2. The van der Waals surface area contributed by atoms with Crippen LogP contribution in [-0.4, -0.2) is 27.9 Å². The molecule has 0 spiro atoms. The van der Waals surface area contributed by atoms with E-state index in [1.165, 1.54) is 12.3 Å². The van der Waals surface area contributed by atoms with Crippen LogP contribution in [0.3, 0.4) is 0 Å². The highest BCUT2D eigenvalue weighted by Crippen LogP contribution is 2.31. The molecule has 27 heavy (non-hydrogen) atoms. The lowest BCUT2D eigenvalue weighted by molar-refractivity contribution is -0.275. The van der Waals surface area contributed by atoms with E-state index < -0.39 is 17.9 Å². The van der Waals surface area contributed by atoms with Crippen LogP contribution in [0.2, 0.25) is 0 Å². The van der Waals surface area contributed by atoms with Gasteiger partial charge in [-0.05, 0) is 35.4 Å². The summed E-state index contributed by atoms with van der Waals surface area (Å²) in [6, 6.07) is 9.75. The molecule has 0 aliphatic carbocycles. The van der Waals surface area contributed by atoms with Gasteiger partial charge < -0.3 is 9.47 Å². The molecular weight excluding hydrogens is 374 g/mol. The molecule has 11 heteroatoms. The van der Waals surface area contributed by atoms with Gasteiger partial charge in [0.05, 0.1) is 0 Å². The third kappa shape index (κ3) is 5.94. The van der Waals surface area contributed by atoms with E-state index >= 15 is 0 Å². The largest absolute Gasteiger partial charge is 0.573 e. The lowest BCUT2D eigenvalue weighted by atomic mass is 10.1. The van der Waals surface area contributed by atoms with E-state index in [1.54, 1.807) is 24.3 Å². The number of ether oxygens (including phenoxy) is 2. The number of alkyl halides is 3. The number of benzene rings is 2. The molecule has 7 nitrogen and oxygen atoms in total. The van der Waals surface area contributed by atoms with Crippen molar-refractivity contribution in [1.82, 2.24) is 15.4 Å². The topological polar surface area (TPSA) is 94.2 Å². The van der Waals surface area contributed by atoms with Gasteiger partial charge in [-0.3, -0.25) is 0 Å². The summed E-state index contributed by atoms with van der Waals surface area (Å²) < 4.78 is 59.3. The van der Waals surface area contributed by atoms with Gasteiger partial charge in [-0.2, -0.15) is 19.9 Å². The molecule has 0 saturated carbocycles. The Morgan fingerprint density at radius 3 is 2.33 bits per heavy atom. The summed E-state index contributed by atoms with van der Waals surface area (Å²) in [5.41, 5.74) is 0.918. The fraction of sp³-hybridized carbons (Fsp3) is 0.0625. The number of carbonyl (C=O) groups excluding carboxylic acids is 2. The molecule has 140 valence electrons. The van der Waals surface area contributed by atoms with Crippen LogP contribution in [0.25, 0.3) is 11.1 Å². The highest BCUT2D eigenvalue weighted by atomic mass is 19.4. The van der Waals surface area contributed by atoms with Gasteiger partial charge in [0.25, 0.3) is 5.88 Å². The zero-order valence-electron chi connectivity index (χ0n) is 13.2. The summed E-state index contributed by atoms with van der Waals surface area (Å²) in [6.45, 7) is 0. The molecule has 0 fully saturated rings. The van der Waals surface area contributed by atoms with E-state index in [1.807, 2.05) is 0 Å². The number of halogens is 4. The molecule has 2 aromatic carbocycles. The van der Waals surface area contributed by atoms with Crippen molar-refractivity contribution in [3.05, 3.63) is 54.5 Å². The van der Waals surface area contributed by atoms with Gasteiger partial charge in [0.15, 0.2) is 11.6 Å².